The normalized spacial score (nSPS) is 9.29. The van der Waals surface area contributed by atoms with Crippen LogP contribution in [0.25, 0.3) is 0 Å². The lowest BCUT2D eigenvalue weighted by molar-refractivity contribution is 0.339. The molecule has 0 heterocycles. The largest absolute Gasteiger partial charge is 0.493 e. The van der Waals surface area contributed by atoms with Crippen LogP contribution in [-0.4, -0.2) is 23.8 Å². The molecule has 0 unspecified atom stereocenters. The van der Waals surface area contributed by atoms with Gasteiger partial charge in [0.1, 0.15) is 11.8 Å². The van der Waals surface area contributed by atoms with Crippen molar-refractivity contribution in [2.24, 2.45) is 0 Å². The maximum Gasteiger partial charge on any atom is 0.488 e. The number of hydrogen-bond acceptors (Lipinski definition) is 4. The van der Waals surface area contributed by atoms with Crippen molar-refractivity contribution in [3.05, 3.63) is 23.8 Å². The van der Waals surface area contributed by atoms with Crippen LogP contribution in [0.2, 0.25) is 0 Å². The molecule has 0 radical (unpaired) electrons. The Morgan fingerprint density at radius 1 is 1.50 bits per heavy atom. The molecular weight excluding hydrogens is 181 g/mol. The third-order valence-electron chi connectivity index (χ3n) is 1.72. The standard InChI is InChI=1S/C9H10BNO3/c1-2-14-9-5-8(10(12)13)4-3-7(9)6-11/h3-5,12-13H,2H2,1H3. The lowest BCUT2D eigenvalue weighted by atomic mass is 9.80. The first kappa shape index (κ1) is 10.6. The van der Waals surface area contributed by atoms with Crippen LogP contribution < -0.4 is 10.2 Å². The van der Waals surface area contributed by atoms with Crippen molar-refractivity contribution in [3.8, 4) is 11.8 Å². The molecule has 0 aliphatic carbocycles. The minimum Gasteiger partial charge on any atom is -0.493 e. The number of nitrogens with zero attached hydrogens (tertiary/aromatic N) is 1. The van der Waals surface area contributed by atoms with Crippen LogP contribution in [0.15, 0.2) is 18.2 Å². The summed E-state index contributed by atoms with van der Waals surface area (Å²) >= 11 is 0. The van der Waals surface area contributed by atoms with E-state index in [-0.39, 0.29) is 0 Å². The topological polar surface area (TPSA) is 73.5 Å². The molecule has 0 atom stereocenters. The zero-order chi connectivity index (χ0) is 10.6. The predicted molar refractivity (Wildman–Crippen MR) is 52.2 cm³/mol. The first-order valence-corrected chi connectivity index (χ1v) is 4.22. The highest BCUT2D eigenvalue weighted by molar-refractivity contribution is 6.58. The summed E-state index contributed by atoms with van der Waals surface area (Å²) < 4.78 is 5.17. The lowest BCUT2D eigenvalue weighted by Crippen LogP contribution is -2.29. The second kappa shape index (κ2) is 4.65. The molecule has 2 N–H and O–H groups in total. The van der Waals surface area contributed by atoms with Crippen molar-refractivity contribution in [1.82, 2.24) is 0 Å². The summed E-state index contributed by atoms with van der Waals surface area (Å²) in [4.78, 5) is 0. The minimum absolute atomic E-state index is 0.312. The summed E-state index contributed by atoms with van der Waals surface area (Å²) in [5.41, 5.74) is 0.698. The van der Waals surface area contributed by atoms with Gasteiger partial charge in [-0.2, -0.15) is 5.26 Å². The van der Waals surface area contributed by atoms with E-state index < -0.39 is 7.12 Å². The first-order valence-electron chi connectivity index (χ1n) is 4.22. The number of nitriles is 1. The molecule has 14 heavy (non-hydrogen) atoms. The summed E-state index contributed by atoms with van der Waals surface area (Å²) in [6, 6.07) is 6.39. The van der Waals surface area contributed by atoms with E-state index >= 15 is 0 Å². The van der Waals surface area contributed by atoms with E-state index in [0.29, 0.717) is 23.4 Å². The molecule has 0 bridgehead atoms. The van der Waals surface area contributed by atoms with E-state index in [1.54, 1.807) is 6.92 Å². The molecule has 1 aromatic rings. The van der Waals surface area contributed by atoms with Crippen molar-refractivity contribution >= 4 is 12.6 Å². The summed E-state index contributed by atoms with van der Waals surface area (Å²) in [6.07, 6.45) is 0. The first-order chi connectivity index (χ1) is 6.69. The van der Waals surface area contributed by atoms with E-state index in [1.165, 1.54) is 18.2 Å². The Morgan fingerprint density at radius 3 is 2.71 bits per heavy atom. The molecule has 1 aromatic carbocycles. The van der Waals surface area contributed by atoms with Crippen molar-refractivity contribution in [1.29, 1.82) is 5.26 Å². The van der Waals surface area contributed by atoms with Gasteiger partial charge in [0.2, 0.25) is 0 Å². The van der Waals surface area contributed by atoms with Crippen LogP contribution >= 0.6 is 0 Å². The van der Waals surface area contributed by atoms with E-state index in [2.05, 4.69) is 0 Å². The van der Waals surface area contributed by atoms with Crippen molar-refractivity contribution < 1.29 is 14.8 Å². The molecule has 5 heteroatoms. The quantitative estimate of drug-likeness (QED) is 0.639. The predicted octanol–water partition coefficient (Wildman–Crippen LogP) is -0.363. The average molecular weight is 191 g/mol. The fourth-order valence-electron chi connectivity index (χ4n) is 1.07. The van der Waals surface area contributed by atoms with Gasteiger partial charge in [0.15, 0.2) is 0 Å². The van der Waals surface area contributed by atoms with Crippen LogP contribution in [0.4, 0.5) is 0 Å². The Kier molecular flexibility index (Phi) is 3.51. The van der Waals surface area contributed by atoms with Crippen LogP contribution in [-0.2, 0) is 0 Å². The van der Waals surface area contributed by atoms with Gasteiger partial charge < -0.3 is 14.8 Å². The molecule has 0 saturated heterocycles. The zero-order valence-electron chi connectivity index (χ0n) is 7.77. The zero-order valence-corrected chi connectivity index (χ0v) is 7.77. The SMILES string of the molecule is CCOc1cc(B(O)O)ccc1C#N. The smallest absolute Gasteiger partial charge is 0.488 e. The molecule has 0 fully saturated rings. The highest BCUT2D eigenvalue weighted by atomic mass is 16.5. The van der Waals surface area contributed by atoms with Crippen LogP contribution in [0.1, 0.15) is 12.5 Å². The van der Waals surface area contributed by atoms with Gasteiger partial charge in [0.05, 0.1) is 12.2 Å². The number of ether oxygens (including phenoxy) is 1. The third-order valence-corrected chi connectivity index (χ3v) is 1.72. The molecule has 1 rings (SSSR count). The maximum atomic E-state index is 8.90. The summed E-state index contributed by atoms with van der Waals surface area (Å²) in [6.45, 7) is 2.23. The molecule has 0 aromatic heterocycles. The van der Waals surface area contributed by atoms with Gasteiger partial charge in [-0.1, -0.05) is 6.07 Å². The van der Waals surface area contributed by atoms with Crippen LogP contribution in [0, 0.1) is 11.3 Å². The minimum atomic E-state index is -1.54. The van der Waals surface area contributed by atoms with E-state index in [0.717, 1.165) is 0 Å². The Hall–Kier alpha value is -1.51. The molecule has 72 valence electrons. The maximum absolute atomic E-state index is 8.90. The molecule has 0 saturated carbocycles. The van der Waals surface area contributed by atoms with Crippen molar-refractivity contribution in [2.45, 2.75) is 6.92 Å². The fraction of sp³-hybridized carbons (Fsp3) is 0.222. The molecule has 0 aliphatic rings. The van der Waals surface area contributed by atoms with Crippen LogP contribution in [0.5, 0.6) is 5.75 Å². The Bertz CT molecular complexity index is 360. The Labute approximate surface area is 82.5 Å². The van der Waals surface area contributed by atoms with E-state index in [1.807, 2.05) is 6.07 Å². The van der Waals surface area contributed by atoms with Gasteiger partial charge in [-0.15, -0.1) is 0 Å². The second-order valence-electron chi connectivity index (χ2n) is 2.67. The Morgan fingerprint density at radius 2 is 2.21 bits per heavy atom. The third kappa shape index (κ3) is 2.25. The average Bonchev–Trinajstić information content (AvgIpc) is 2.18. The van der Waals surface area contributed by atoms with Gasteiger partial charge >= 0.3 is 7.12 Å². The molecular formula is C9H10BNO3. The Balaban J connectivity index is 3.09. The summed E-state index contributed by atoms with van der Waals surface area (Å²) in [5.74, 6) is 0.376. The van der Waals surface area contributed by atoms with Gasteiger partial charge in [0, 0.05) is 0 Å². The number of rotatable bonds is 3. The number of benzene rings is 1. The van der Waals surface area contributed by atoms with Gasteiger partial charge in [0.25, 0.3) is 0 Å². The van der Waals surface area contributed by atoms with Crippen LogP contribution in [0.3, 0.4) is 0 Å². The van der Waals surface area contributed by atoms with Gasteiger partial charge in [-0.25, -0.2) is 0 Å². The van der Waals surface area contributed by atoms with E-state index in [4.69, 9.17) is 20.0 Å². The van der Waals surface area contributed by atoms with E-state index in [9.17, 15) is 0 Å². The van der Waals surface area contributed by atoms with Crippen molar-refractivity contribution in [2.75, 3.05) is 6.61 Å². The summed E-state index contributed by atoms with van der Waals surface area (Å²) in [5, 5.41) is 26.5. The monoisotopic (exact) mass is 191 g/mol. The van der Waals surface area contributed by atoms with Crippen molar-refractivity contribution in [3.63, 3.8) is 0 Å². The molecule has 0 amide bonds. The second-order valence-corrected chi connectivity index (χ2v) is 2.67. The summed E-state index contributed by atoms with van der Waals surface area (Å²) in [7, 11) is -1.54. The molecule has 4 nitrogen and oxygen atoms in total. The fourth-order valence-corrected chi connectivity index (χ4v) is 1.07. The lowest BCUT2D eigenvalue weighted by Gasteiger charge is -2.07. The highest BCUT2D eigenvalue weighted by Crippen LogP contribution is 2.15. The van der Waals surface area contributed by atoms with Gasteiger partial charge in [-0.3, -0.25) is 0 Å². The number of hydrogen-bond donors (Lipinski definition) is 2. The molecule has 0 aliphatic heterocycles. The molecule has 0 spiro atoms. The van der Waals surface area contributed by atoms with Gasteiger partial charge in [-0.05, 0) is 24.5 Å². The highest BCUT2D eigenvalue weighted by Gasteiger charge is 2.13.